The molecule has 0 saturated carbocycles. The highest BCUT2D eigenvalue weighted by Crippen LogP contribution is 2.30. The molecule has 1 fully saturated rings. The van der Waals surface area contributed by atoms with Gasteiger partial charge in [0.15, 0.2) is 0 Å². The lowest BCUT2D eigenvalue weighted by Crippen LogP contribution is -2.29. The van der Waals surface area contributed by atoms with Crippen LogP contribution in [0.3, 0.4) is 0 Å². The van der Waals surface area contributed by atoms with E-state index >= 15 is 0 Å². The molecular formula is C13H16FN3O3. The summed E-state index contributed by atoms with van der Waals surface area (Å²) in [6.07, 6.45) is 0. The summed E-state index contributed by atoms with van der Waals surface area (Å²) in [5.41, 5.74) is 4.64. The van der Waals surface area contributed by atoms with Crippen LogP contribution in [0.25, 0.3) is 0 Å². The number of rotatable bonds is 2. The first-order valence-corrected chi connectivity index (χ1v) is 6.34. The van der Waals surface area contributed by atoms with Crippen molar-refractivity contribution in [1.82, 2.24) is 4.90 Å². The summed E-state index contributed by atoms with van der Waals surface area (Å²) in [6, 6.07) is 1.68. The molecule has 1 aliphatic rings. The second-order valence-electron chi connectivity index (χ2n) is 5.31. The van der Waals surface area contributed by atoms with Crippen molar-refractivity contribution >= 4 is 17.3 Å². The first-order chi connectivity index (χ1) is 9.31. The molecule has 108 valence electrons. The average Bonchev–Trinajstić information content (AvgIpc) is 2.71. The molecule has 2 rings (SSSR count). The quantitative estimate of drug-likeness (QED) is 0.510. The summed E-state index contributed by atoms with van der Waals surface area (Å²) in [5.74, 6) is -0.622. The van der Waals surface area contributed by atoms with Crippen molar-refractivity contribution in [3.8, 4) is 0 Å². The van der Waals surface area contributed by atoms with Gasteiger partial charge in [-0.25, -0.2) is 4.39 Å². The van der Waals surface area contributed by atoms with E-state index < -0.39 is 22.3 Å². The third-order valence-electron chi connectivity index (χ3n) is 3.83. The predicted octanol–water partition coefficient (Wildman–Crippen LogP) is 2.04. The van der Waals surface area contributed by atoms with Crippen LogP contribution in [-0.2, 0) is 0 Å². The van der Waals surface area contributed by atoms with Gasteiger partial charge in [0, 0.05) is 13.1 Å². The van der Waals surface area contributed by atoms with Gasteiger partial charge in [-0.05, 0) is 17.9 Å². The zero-order chi connectivity index (χ0) is 15.0. The Hall–Kier alpha value is -2.18. The van der Waals surface area contributed by atoms with E-state index in [1.807, 2.05) is 13.8 Å². The maximum absolute atomic E-state index is 13.4. The Kier molecular flexibility index (Phi) is 3.61. The zero-order valence-electron chi connectivity index (χ0n) is 11.3. The number of amides is 1. The van der Waals surface area contributed by atoms with Crippen LogP contribution in [0, 0.1) is 27.8 Å². The molecule has 0 aliphatic carbocycles. The summed E-state index contributed by atoms with van der Waals surface area (Å²) in [4.78, 5) is 23.9. The van der Waals surface area contributed by atoms with E-state index in [9.17, 15) is 19.3 Å². The summed E-state index contributed by atoms with van der Waals surface area (Å²) >= 11 is 0. The van der Waals surface area contributed by atoms with E-state index in [0.29, 0.717) is 24.9 Å². The topological polar surface area (TPSA) is 89.5 Å². The zero-order valence-corrected chi connectivity index (χ0v) is 11.3. The van der Waals surface area contributed by atoms with Crippen LogP contribution >= 0.6 is 0 Å². The van der Waals surface area contributed by atoms with Gasteiger partial charge < -0.3 is 10.6 Å². The number of hydrogen-bond acceptors (Lipinski definition) is 4. The van der Waals surface area contributed by atoms with Crippen LogP contribution in [0.2, 0.25) is 0 Å². The first kappa shape index (κ1) is 14.2. The van der Waals surface area contributed by atoms with Gasteiger partial charge in [-0.3, -0.25) is 14.9 Å². The van der Waals surface area contributed by atoms with Gasteiger partial charge >= 0.3 is 0 Å². The fraction of sp³-hybridized carbons (Fsp3) is 0.462. The smallest absolute Gasteiger partial charge is 0.295 e. The largest absolute Gasteiger partial charge is 0.393 e. The number of nitrogens with two attached hydrogens (primary N) is 1. The van der Waals surface area contributed by atoms with Crippen LogP contribution in [0.4, 0.5) is 15.8 Å². The maximum atomic E-state index is 13.4. The lowest BCUT2D eigenvalue weighted by molar-refractivity contribution is -0.384. The Morgan fingerprint density at radius 3 is 2.45 bits per heavy atom. The Balaban J connectivity index is 2.38. The molecule has 2 N–H and O–H groups in total. The molecule has 0 aromatic heterocycles. The number of carbonyl (C=O) groups excluding carboxylic acids is 1. The van der Waals surface area contributed by atoms with Gasteiger partial charge in [-0.2, -0.15) is 0 Å². The number of halogens is 1. The first-order valence-electron chi connectivity index (χ1n) is 6.34. The number of hydrogen-bond donors (Lipinski definition) is 1. The molecule has 2 atom stereocenters. The fourth-order valence-electron chi connectivity index (χ4n) is 2.40. The Morgan fingerprint density at radius 2 is 1.95 bits per heavy atom. The van der Waals surface area contributed by atoms with Crippen molar-refractivity contribution in [3.63, 3.8) is 0 Å². The van der Waals surface area contributed by atoms with Gasteiger partial charge in [0.25, 0.3) is 11.6 Å². The molecule has 2 unspecified atom stereocenters. The molecule has 20 heavy (non-hydrogen) atoms. The van der Waals surface area contributed by atoms with Crippen LogP contribution in [0.5, 0.6) is 0 Å². The van der Waals surface area contributed by atoms with Crippen molar-refractivity contribution in [2.24, 2.45) is 11.8 Å². The number of nitrogen functional groups attached to an aromatic ring is 1. The van der Waals surface area contributed by atoms with Crippen LogP contribution in [0.15, 0.2) is 12.1 Å². The minimum absolute atomic E-state index is 0.141. The van der Waals surface area contributed by atoms with E-state index in [2.05, 4.69) is 0 Å². The molecule has 0 spiro atoms. The Labute approximate surface area is 115 Å². The van der Waals surface area contributed by atoms with Crippen molar-refractivity contribution in [1.29, 1.82) is 0 Å². The van der Waals surface area contributed by atoms with E-state index in [1.54, 1.807) is 4.90 Å². The molecule has 0 radical (unpaired) electrons. The van der Waals surface area contributed by atoms with Crippen molar-refractivity contribution in [3.05, 3.63) is 33.6 Å². The molecule has 1 heterocycles. The molecule has 1 aromatic rings. The number of nitrogens with zero attached hydrogens (tertiary/aromatic N) is 2. The normalized spacial score (nSPS) is 22.1. The lowest BCUT2D eigenvalue weighted by atomic mass is 10.0. The Bertz CT molecular complexity index is 566. The van der Waals surface area contributed by atoms with E-state index in [4.69, 9.17) is 5.73 Å². The minimum atomic E-state index is -0.838. The highest BCUT2D eigenvalue weighted by atomic mass is 19.1. The lowest BCUT2D eigenvalue weighted by Gasteiger charge is -2.17. The highest BCUT2D eigenvalue weighted by molar-refractivity contribution is 6.01. The average molecular weight is 281 g/mol. The fourth-order valence-corrected chi connectivity index (χ4v) is 2.40. The van der Waals surface area contributed by atoms with Crippen molar-refractivity contribution in [2.75, 3.05) is 18.8 Å². The molecule has 1 aromatic carbocycles. The number of nitro benzene ring substituents is 1. The molecule has 6 nitrogen and oxygen atoms in total. The monoisotopic (exact) mass is 281 g/mol. The number of likely N-dealkylation sites (tertiary alicyclic amines) is 1. The predicted molar refractivity (Wildman–Crippen MR) is 71.7 cm³/mol. The van der Waals surface area contributed by atoms with Gasteiger partial charge in [0.05, 0.1) is 16.6 Å². The van der Waals surface area contributed by atoms with E-state index in [1.165, 1.54) is 0 Å². The minimum Gasteiger partial charge on any atom is -0.393 e. The second-order valence-corrected chi connectivity index (χ2v) is 5.31. The second kappa shape index (κ2) is 5.07. The molecule has 1 aliphatic heterocycles. The molecule has 0 bridgehead atoms. The molecular weight excluding hydrogens is 265 g/mol. The van der Waals surface area contributed by atoms with Gasteiger partial charge in [0.1, 0.15) is 11.5 Å². The van der Waals surface area contributed by atoms with E-state index in [-0.39, 0.29) is 11.3 Å². The van der Waals surface area contributed by atoms with Crippen LogP contribution in [0.1, 0.15) is 24.2 Å². The van der Waals surface area contributed by atoms with Gasteiger partial charge in [0.2, 0.25) is 0 Å². The molecule has 7 heteroatoms. The summed E-state index contributed by atoms with van der Waals surface area (Å²) in [7, 11) is 0. The Morgan fingerprint density at radius 1 is 1.40 bits per heavy atom. The van der Waals surface area contributed by atoms with E-state index in [0.717, 1.165) is 12.1 Å². The van der Waals surface area contributed by atoms with Crippen LogP contribution < -0.4 is 5.73 Å². The SMILES string of the molecule is CC1CN(C(=O)c2cc(F)cc([N+](=O)[O-])c2N)CC1C. The van der Waals surface area contributed by atoms with Gasteiger partial charge in [-0.1, -0.05) is 13.8 Å². The number of carbonyl (C=O) groups is 1. The van der Waals surface area contributed by atoms with Gasteiger partial charge in [-0.15, -0.1) is 0 Å². The van der Waals surface area contributed by atoms with Crippen molar-refractivity contribution < 1.29 is 14.1 Å². The maximum Gasteiger partial charge on any atom is 0.295 e. The molecule has 1 amide bonds. The number of nitro groups is 1. The third kappa shape index (κ3) is 2.43. The number of benzene rings is 1. The number of anilines is 1. The highest BCUT2D eigenvalue weighted by Gasteiger charge is 2.32. The molecule has 1 saturated heterocycles. The van der Waals surface area contributed by atoms with Crippen molar-refractivity contribution in [2.45, 2.75) is 13.8 Å². The summed E-state index contributed by atoms with van der Waals surface area (Å²) < 4.78 is 13.4. The summed E-state index contributed by atoms with van der Waals surface area (Å²) in [5, 5.41) is 10.8. The van der Waals surface area contributed by atoms with Crippen LogP contribution in [-0.4, -0.2) is 28.8 Å². The third-order valence-corrected chi connectivity index (χ3v) is 3.83. The summed E-state index contributed by atoms with van der Waals surface area (Å²) in [6.45, 7) is 5.14. The standard InChI is InChI=1S/C13H16FN3O3/c1-7-5-16(6-8(7)2)13(18)10-3-9(14)4-11(12(10)15)17(19)20/h3-4,7-8H,5-6,15H2,1-2H3.